The van der Waals surface area contributed by atoms with Gasteiger partial charge in [0.05, 0.1) is 120 Å². The highest BCUT2D eigenvalue weighted by molar-refractivity contribution is 9.10. The van der Waals surface area contributed by atoms with Crippen LogP contribution in [0.15, 0.2) is 404 Å². The maximum atomic E-state index is 13.3. The highest BCUT2D eigenvalue weighted by atomic mass is 79.9. The Morgan fingerprint density at radius 2 is 0.600 bits per heavy atom. The summed E-state index contributed by atoms with van der Waals surface area (Å²) in [6, 6.07) is 105. The van der Waals surface area contributed by atoms with Crippen molar-refractivity contribution in [1.82, 2.24) is 75.5 Å². The van der Waals surface area contributed by atoms with E-state index in [-0.39, 0.29) is 81.8 Å². The van der Waals surface area contributed by atoms with Gasteiger partial charge in [0.15, 0.2) is 9.84 Å². The van der Waals surface area contributed by atoms with Crippen LogP contribution in [-0.4, -0.2) is 112 Å². The number of nitrogens with one attached hydrogen (secondary N) is 5. The summed E-state index contributed by atoms with van der Waals surface area (Å²) in [6.45, 7) is 4.83. The van der Waals surface area contributed by atoms with E-state index in [9.17, 15) is 63.9 Å². The monoisotopic (exact) mass is 2080 g/mol. The molecular weight excluding hydrogens is 1990 g/mol. The molecule has 16 aromatic carbocycles. The molecule has 0 aliphatic carbocycles. The average Bonchev–Trinajstić information content (AvgIpc) is 1.65. The van der Waals surface area contributed by atoms with Gasteiger partial charge >= 0.3 is 0 Å². The van der Waals surface area contributed by atoms with Crippen LogP contribution in [0, 0.1) is 29.1 Å². The second kappa shape index (κ2) is 47.1. The molecule has 0 radical (unpaired) electrons. The number of halogens is 6. The van der Waals surface area contributed by atoms with Crippen molar-refractivity contribution in [2.45, 2.75) is 57.9 Å². The molecule has 0 saturated carbocycles. The maximum absolute atomic E-state index is 13.3. The van der Waals surface area contributed by atoms with Crippen LogP contribution in [0.2, 0.25) is 0 Å². The van der Waals surface area contributed by atoms with Crippen molar-refractivity contribution in [2.24, 2.45) is 0 Å². The lowest BCUT2D eigenvalue weighted by Crippen LogP contribution is -2.24. The number of carbonyl (C=O) groups is 7. The fraction of sp³-hybridized carbons (Fsp3) is 0.0847. The topological polar surface area (TPSA) is 306 Å². The number of hydrogen-bond acceptors (Lipinski definition) is 14. The summed E-state index contributed by atoms with van der Waals surface area (Å²) in [5.74, 6) is -2.59. The maximum Gasteiger partial charge on any atom is 0.252 e. The molecule has 21 rings (SSSR count). The normalized spacial score (nSPS) is 11.0. The molecule has 32 heteroatoms. The number of amides is 6. The lowest BCUT2D eigenvalue weighted by Gasteiger charge is -2.16. The minimum Gasteiger partial charge on any atom is -0.348 e. The first-order valence-electron chi connectivity index (χ1n) is 47.2. The van der Waals surface area contributed by atoms with Gasteiger partial charge in [0.1, 0.15) is 34.9 Å². The Morgan fingerprint density at radius 1 is 0.307 bits per heavy atom. The van der Waals surface area contributed by atoms with Crippen molar-refractivity contribution in [3.05, 3.63) is 490 Å². The molecular formula is C118H94BrF5N16O9S. The second-order valence-corrected chi connectivity index (χ2v) is 37.7. The molecule has 150 heavy (non-hydrogen) atoms. The predicted octanol–water partition coefficient (Wildman–Crippen LogP) is 22.4. The molecule has 25 nitrogen and oxygen atoms in total. The van der Waals surface area contributed by atoms with Crippen LogP contribution in [0.5, 0.6) is 0 Å². The van der Waals surface area contributed by atoms with Crippen LogP contribution >= 0.6 is 15.9 Å². The second-order valence-electron chi connectivity index (χ2n) is 34.8. The molecule has 0 atom stereocenters. The number of sulfone groups is 1. The van der Waals surface area contributed by atoms with Crippen molar-refractivity contribution in [3.8, 4) is 39.6 Å². The molecule has 21 aromatic rings. The Labute approximate surface area is 866 Å². The summed E-state index contributed by atoms with van der Waals surface area (Å²) in [7, 11) is -1.55. The van der Waals surface area contributed by atoms with E-state index < -0.39 is 9.84 Å². The van der Waals surface area contributed by atoms with Gasteiger partial charge in [-0.15, -0.1) is 0 Å². The molecule has 0 unspecified atom stereocenters. The Bertz CT molecular complexity index is 8670. The first-order chi connectivity index (χ1) is 72.6. The summed E-state index contributed by atoms with van der Waals surface area (Å²) in [5, 5.41) is 40.2. The van der Waals surface area contributed by atoms with Crippen LogP contribution in [0.3, 0.4) is 0 Å². The van der Waals surface area contributed by atoms with Crippen LogP contribution in [0.25, 0.3) is 94.1 Å². The highest BCUT2D eigenvalue weighted by Gasteiger charge is 2.23. The lowest BCUT2D eigenvalue weighted by atomic mass is 9.99. The first-order valence-corrected chi connectivity index (χ1v) is 49.9. The molecule has 748 valence electrons. The van der Waals surface area contributed by atoms with E-state index in [2.05, 4.69) is 86.2 Å². The minimum absolute atomic E-state index is 0.0639. The van der Waals surface area contributed by atoms with Crippen LogP contribution < -0.4 is 31.5 Å². The van der Waals surface area contributed by atoms with E-state index >= 15 is 0 Å². The molecule has 0 saturated heterocycles. The van der Waals surface area contributed by atoms with E-state index in [1.54, 1.807) is 195 Å². The number of aromatic nitrogens is 10. The van der Waals surface area contributed by atoms with Gasteiger partial charge in [-0.05, 0) is 270 Å². The fourth-order valence-corrected chi connectivity index (χ4v) is 17.9. The van der Waals surface area contributed by atoms with E-state index in [0.717, 1.165) is 111 Å². The summed E-state index contributed by atoms with van der Waals surface area (Å²) in [5.41, 5.74) is 18.5. The number of hydrogen-bond donors (Lipinski definition) is 5. The van der Waals surface area contributed by atoms with Gasteiger partial charge in [-0.3, -0.25) is 33.6 Å². The number of ketones is 1. The SMILES string of the molecule is CC(=O)Cc1cccc(CNC(=O)c2cccc3c2cnn3-c2ccc(F)cc2)c1.CC(=O)N(C)c1cccc(CNC(=O)c2cccc3c2cnn3-c2ccc(F)cc2)c1.CS(=O)(=O)c1ccc(CNC(=O)c2cccc3c2cnn3-c2ccc(F)cc2)cc1.O=C(NCc1cccc(Br)c1)c1cccc2c1cnn2-c1ccc(F)cc1.O=C(NCc1ccccc1-c1ccccc1)c1cccc2c1cnn2-c1ccc(F)cc1. The van der Waals surface area contributed by atoms with E-state index in [1.165, 1.54) is 79.7 Å². The predicted molar refractivity (Wildman–Crippen MR) is 573 cm³/mol. The number of anilines is 1. The first kappa shape index (κ1) is 103. The lowest BCUT2D eigenvalue weighted by molar-refractivity contribution is -0.117. The van der Waals surface area contributed by atoms with Crippen molar-refractivity contribution in [3.63, 3.8) is 0 Å². The van der Waals surface area contributed by atoms with Gasteiger partial charge in [0.25, 0.3) is 29.5 Å². The standard InChI is InChI=1S/C27H20FN3O.C24H21FN4O2.C24H20FN3O2.C22H18FN3O3S.C21H15BrFN3O/c28-21-13-15-22(16-14-21)31-26-12-6-11-24(25(26)18-30-31)27(32)29-17-20-9-4-5-10-23(20)19-7-2-1-3-8-19;1-16(30)28(2)20-6-3-5-17(13-20)14-26-24(31)21-7-4-8-23-22(21)15-27-29(23)19-11-9-18(25)10-12-19;1-16(29)12-17-4-2-5-18(13-17)14-26-24(30)21-6-3-7-23-22(21)15-27-28(23)20-10-8-19(25)9-11-20;1-30(28,29)18-11-5-15(6-12-18)13-24-22(27)19-3-2-4-21-20(19)14-25-26(21)17-9-7-16(23)8-10-17;22-15-4-1-3-14(11-15)12-24-21(27)18-5-2-6-20-19(18)13-25-26(20)17-9-7-16(23)8-10-17/h1-16,18H,17H2,(H,29,32);3-13,15H,14H2,1-2H3,(H,26,31);2-11,13,15H,12,14H2,1H3,(H,26,30);2-12,14H,13H2,1H3,(H,24,27);1-11,13H,12H2,(H,24,27). The van der Waals surface area contributed by atoms with E-state index in [4.69, 9.17) is 0 Å². The Kier molecular flexibility index (Phi) is 32.3. The molecule has 5 heterocycles. The number of nitrogens with zero attached hydrogens (tertiary/aromatic N) is 11. The quantitative estimate of drug-likeness (QED) is 0.0332. The smallest absolute Gasteiger partial charge is 0.252 e. The molecule has 0 aliphatic rings. The third kappa shape index (κ3) is 25.0. The Hall–Kier alpha value is -18.6. The van der Waals surface area contributed by atoms with Gasteiger partial charge in [-0.1, -0.05) is 162 Å². The molecule has 0 spiro atoms. The molecule has 6 amide bonds. The van der Waals surface area contributed by atoms with Crippen molar-refractivity contribution >= 4 is 127 Å². The van der Waals surface area contributed by atoms with Gasteiger partial charge in [0, 0.05) is 96.5 Å². The molecule has 5 N–H and O–H groups in total. The van der Waals surface area contributed by atoms with Crippen molar-refractivity contribution in [2.75, 3.05) is 18.2 Å². The minimum atomic E-state index is -3.26. The van der Waals surface area contributed by atoms with Crippen LogP contribution in [0.4, 0.5) is 27.6 Å². The van der Waals surface area contributed by atoms with E-state index in [0.29, 0.717) is 93.6 Å². The Balaban J connectivity index is 0.000000128. The van der Waals surface area contributed by atoms with Crippen molar-refractivity contribution in [1.29, 1.82) is 0 Å². The Morgan fingerprint density at radius 3 is 0.933 bits per heavy atom. The van der Waals surface area contributed by atoms with Crippen molar-refractivity contribution < 1.29 is 63.9 Å². The summed E-state index contributed by atoms with van der Waals surface area (Å²) < 4.78 is 98.6. The van der Waals surface area contributed by atoms with Gasteiger partial charge in [0.2, 0.25) is 5.91 Å². The van der Waals surface area contributed by atoms with Gasteiger partial charge in [-0.25, -0.2) is 53.8 Å². The number of Topliss-reactive ketones (excluding diaryl/α,β-unsaturated/α-hetero) is 1. The zero-order valence-electron chi connectivity index (χ0n) is 81.0. The highest BCUT2D eigenvalue weighted by Crippen LogP contribution is 2.32. The molecule has 0 bridgehead atoms. The average molecular weight is 2090 g/mol. The number of carbonyl (C=O) groups excluding carboxylic acids is 7. The van der Waals surface area contributed by atoms with Gasteiger partial charge < -0.3 is 31.5 Å². The fourth-order valence-electron chi connectivity index (χ4n) is 16.8. The summed E-state index contributed by atoms with van der Waals surface area (Å²) in [4.78, 5) is 88.9. The van der Waals surface area contributed by atoms with E-state index in [1.807, 2.05) is 152 Å². The summed E-state index contributed by atoms with van der Waals surface area (Å²) >= 11 is 3.43. The third-order valence-electron chi connectivity index (χ3n) is 24.5. The number of fused-ring (bicyclic) bond motifs is 5. The molecule has 0 aliphatic heterocycles. The third-order valence-corrected chi connectivity index (χ3v) is 26.1. The molecule has 5 aromatic heterocycles. The summed E-state index contributed by atoms with van der Waals surface area (Å²) in [6.07, 6.45) is 9.74. The molecule has 0 fully saturated rings. The van der Waals surface area contributed by atoms with Crippen LogP contribution in [-0.2, 0) is 58.6 Å². The zero-order valence-corrected chi connectivity index (χ0v) is 83.4. The number of benzene rings is 16. The van der Waals surface area contributed by atoms with Crippen LogP contribution in [0.1, 0.15) is 99.0 Å². The zero-order chi connectivity index (χ0) is 105. The van der Waals surface area contributed by atoms with Gasteiger partial charge in [-0.2, -0.15) is 25.5 Å². The largest absolute Gasteiger partial charge is 0.348 e. The number of rotatable bonds is 25.